The maximum Gasteiger partial charge on any atom is 0.271 e. The Morgan fingerprint density at radius 1 is 1.25 bits per heavy atom. The monoisotopic (exact) mass is 387 g/mol. The molecule has 28 heavy (non-hydrogen) atoms. The van der Waals surface area contributed by atoms with Crippen LogP contribution in [-0.4, -0.2) is 42.5 Å². The molecule has 1 unspecified atom stereocenters. The van der Waals surface area contributed by atoms with E-state index < -0.39 is 11.0 Å². The quantitative estimate of drug-likeness (QED) is 0.523. The number of carbonyl (C=O) groups excluding carboxylic acids is 1. The fourth-order valence-electron chi connectivity index (χ4n) is 2.63. The number of carbonyl (C=O) groups is 1. The number of methoxy groups -OCH3 is 1. The third-order valence-electron chi connectivity index (χ3n) is 4.36. The number of nitrogens with one attached hydrogen (secondary N) is 1. The van der Waals surface area contributed by atoms with Crippen molar-refractivity contribution in [3.63, 3.8) is 0 Å². The van der Waals surface area contributed by atoms with Crippen LogP contribution in [0.2, 0.25) is 0 Å². The fraction of sp³-hybridized carbons (Fsp3) is 0.350. The van der Waals surface area contributed by atoms with Crippen LogP contribution in [0.5, 0.6) is 11.5 Å². The second kappa shape index (κ2) is 9.70. The number of rotatable bonds is 9. The van der Waals surface area contributed by atoms with E-state index in [1.54, 1.807) is 6.92 Å². The van der Waals surface area contributed by atoms with Gasteiger partial charge >= 0.3 is 0 Å². The Balaban J connectivity index is 2.05. The van der Waals surface area contributed by atoms with Crippen molar-refractivity contribution in [1.29, 1.82) is 0 Å². The number of likely N-dealkylation sites (N-methyl/N-ethyl adjacent to an activating group) is 1. The van der Waals surface area contributed by atoms with Crippen molar-refractivity contribution in [2.45, 2.75) is 26.4 Å². The molecule has 1 atom stereocenters. The van der Waals surface area contributed by atoms with Crippen molar-refractivity contribution >= 4 is 17.3 Å². The number of nitrogens with zero attached hydrogens (tertiary/aromatic N) is 2. The number of nitro groups is 1. The lowest BCUT2D eigenvalue weighted by Crippen LogP contribution is -2.39. The molecular weight excluding hydrogens is 362 g/mol. The van der Waals surface area contributed by atoms with Gasteiger partial charge < -0.3 is 14.8 Å². The Labute approximate surface area is 164 Å². The van der Waals surface area contributed by atoms with E-state index in [0.717, 1.165) is 11.3 Å². The summed E-state index contributed by atoms with van der Waals surface area (Å²) in [6, 6.07) is 11.3. The molecule has 0 radical (unpaired) electrons. The first-order chi connectivity index (χ1) is 13.3. The molecule has 2 aromatic rings. The summed E-state index contributed by atoms with van der Waals surface area (Å²) in [5.41, 5.74) is 1.19. The van der Waals surface area contributed by atoms with Crippen molar-refractivity contribution in [3.8, 4) is 11.5 Å². The maximum absolute atomic E-state index is 12.6. The highest BCUT2D eigenvalue weighted by Crippen LogP contribution is 2.29. The molecule has 0 bridgehead atoms. The predicted octanol–water partition coefficient (Wildman–Crippen LogP) is 3.46. The molecule has 2 rings (SSSR count). The van der Waals surface area contributed by atoms with Crippen LogP contribution in [0, 0.1) is 10.1 Å². The Morgan fingerprint density at radius 2 is 1.93 bits per heavy atom. The molecule has 0 saturated carbocycles. The summed E-state index contributed by atoms with van der Waals surface area (Å²) in [6.07, 6.45) is 0. The molecule has 8 heteroatoms. The van der Waals surface area contributed by atoms with E-state index in [-0.39, 0.29) is 17.3 Å². The van der Waals surface area contributed by atoms with E-state index in [1.165, 1.54) is 25.3 Å². The highest BCUT2D eigenvalue weighted by molar-refractivity contribution is 5.96. The molecule has 1 amide bonds. The zero-order valence-electron chi connectivity index (χ0n) is 16.5. The molecule has 0 aliphatic heterocycles. The SMILES string of the molecule is CCOc1ccc(CN(C)C(C)C(=O)Nc2cc([N+](=O)[O-])ccc2OC)cc1. The Bertz CT molecular complexity index is 823. The van der Waals surface area contributed by atoms with Gasteiger partial charge in [-0.15, -0.1) is 0 Å². The normalized spacial score (nSPS) is 11.8. The van der Waals surface area contributed by atoms with Crippen molar-refractivity contribution < 1.29 is 19.2 Å². The molecule has 8 nitrogen and oxygen atoms in total. The summed E-state index contributed by atoms with van der Waals surface area (Å²) < 4.78 is 10.6. The first kappa shape index (κ1) is 21.2. The maximum atomic E-state index is 12.6. The number of amides is 1. The van der Waals surface area contributed by atoms with Gasteiger partial charge in [-0.1, -0.05) is 12.1 Å². The minimum atomic E-state index is -0.517. The van der Waals surface area contributed by atoms with E-state index in [2.05, 4.69) is 5.32 Å². The summed E-state index contributed by atoms with van der Waals surface area (Å²) in [5.74, 6) is 0.880. The highest BCUT2D eigenvalue weighted by atomic mass is 16.6. The highest BCUT2D eigenvalue weighted by Gasteiger charge is 2.21. The largest absolute Gasteiger partial charge is 0.495 e. The van der Waals surface area contributed by atoms with Crippen LogP contribution in [0.15, 0.2) is 42.5 Å². The van der Waals surface area contributed by atoms with Crippen LogP contribution in [-0.2, 0) is 11.3 Å². The smallest absolute Gasteiger partial charge is 0.271 e. The Morgan fingerprint density at radius 3 is 2.50 bits per heavy atom. The third kappa shape index (κ3) is 5.43. The van der Waals surface area contributed by atoms with Gasteiger partial charge in [0.2, 0.25) is 5.91 Å². The zero-order chi connectivity index (χ0) is 20.7. The summed E-state index contributed by atoms with van der Waals surface area (Å²) in [7, 11) is 3.28. The van der Waals surface area contributed by atoms with Crippen LogP contribution < -0.4 is 14.8 Å². The van der Waals surface area contributed by atoms with Gasteiger partial charge in [-0.3, -0.25) is 19.8 Å². The van der Waals surface area contributed by atoms with Crippen LogP contribution in [0.25, 0.3) is 0 Å². The van der Waals surface area contributed by atoms with Crippen molar-refractivity contribution in [2.75, 3.05) is 26.1 Å². The zero-order valence-corrected chi connectivity index (χ0v) is 16.5. The topological polar surface area (TPSA) is 93.9 Å². The lowest BCUT2D eigenvalue weighted by molar-refractivity contribution is -0.384. The minimum Gasteiger partial charge on any atom is -0.495 e. The van der Waals surface area contributed by atoms with Gasteiger partial charge in [0, 0.05) is 18.7 Å². The minimum absolute atomic E-state index is 0.119. The number of benzene rings is 2. The number of anilines is 1. The van der Waals surface area contributed by atoms with Gasteiger partial charge in [-0.25, -0.2) is 0 Å². The lowest BCUT2D eigenvalue weighted by atomic mass is 10.1. The lowest BCUT2D eigenvalue weighted by Gasteiger charge is -2.24. The van der Waals surface area contributed by atoms with Gasteiger partial charge in [-0.2, -0.15) is 0 Å². The third-order valence-corrected chi connectivity index (χ3v) is 4.36. The molecule has 0 aliphatic rings. The fourth-order valence-corrected chi connectivity index (χ4v) is 2.63. The van der Waals surface area contributed by atoms with Gasteiger partial charge in [0.05, 0.1) is 30.4 Å². The van der Waals surface area contributed by atoms with E-state index in [1.807, 2.05) is 43.1 Å². The van der Waals surface area contributed by atoms with E-state index in [9.17, 15) is 14.9 Å². The molecule has 0 aromatic heterocycles. The molecule has 0 heterocycles. The molecule has 150 valence electrons. The molecule has 0 fully saturated rings. The molecule has 0 spiro atoms. The summed E-state index contributed by atoms with van der Waals surface area (Å²) in [6.45, 7) is 4.87. The number of ether oxygens (including phenoxy) is 2. The number of non-ortho nitro benzene ring substituents is 1. The molecule has 0 aliphatic carbocycles. The standard InChI is InChI=1S/C20H25N3O5/c1-5-28-17-9-6-15(7-10-17)13-22(3)14(2)20(24)21-18-12-16(23(25)26)8-11-19(18)27-4/h6-12,14H,5,13H2,1-4H3,(H,21,24). The van der Waals surface area contributed by atoms with Crippen molar-refractivity contribution in [3.05, 3.63) is 58.1 Å². The first-order valence-electron chi connectivity index (χ1n) is 8.91. The van der Waals surface area contributed by atoms with Gasteiger partial charge in [0.1, 0.15) is 11.5 Å². The number of nitro benzene ring substituents is 1. The van der Waals surface area contributed by atoms with Crippen LogP contribution in [0.4, 0.5) is 11.4 Å². The van der Waals surface area contributed by atoms with E-state index in [4.69, 9.17) is 9.47 Å². The Kier molecular flexibility index (Phi) is 7.34. The van der Waals surface area contributed by atoms with E-state index >= 15 is 0 Å². The Hall–Kier alpha value is -3.13. The van der Waals surface area contributed by atoms with Crippen LogP contribution in [0.1, 0.15) is 19.4 Å². The van der Waals surface area contributed by atoms with Crippen LogP contribution in [0.3, 0.4) is 0 Å². The van der Waals surface area contributed by atoms with Crippen LogP contribution >= 0.6 is 0 Å². The van der Waals surface area contributed by atoms with E-state index in [0.29, 0.717) is 18.9 Å². The summed E-state index contributed by atoms with van der Waals surface area (Å²) in [4.78, 5) is 25.0. The van der Waals surface area contributed by atoms with Gasteiger partial charge in [0.15, 0.2) is 0 Å². The molecule has 2 aromatic carbocycles. The average molecular weight is 387 g/mol. The molecule has 1 N–H and O–H groups in total. The summed E-state index contributed by atoms with van der Waals surface area (Å²) in [5, 5.41) is 13.7. The average Bonchev–Trinajstić information content (AvgIpc) is 2.68. The summed E-state index contributed by atoms with van der Waals surface area (Å²) >= 11 is 0. The van der Waals surface area contributed by atoms with Crippen molar-refractivity contribution in [1.82, 2.24) is 4.90 Å². The molecular formula is C20H25N3O5. The van der Waals surface area contributed by atoms with Gasteiger partial charge in [0.25, 0.3) is 5.69 Å². The first-order valence-corrected chi connectivity index (χ1v) is 8.91. The second-order valence-electron chi connectivity index (χ2n) is 6.30. The van der Waals surface area contributed by atoms with Crippen molar-refractivity contribution in [2.24, 2.45) is 0 Å². The second-order valence-corrected chi connectivity index (χ2v) is 6.30. The predicted molar refractivity (Wildman–Crippen MR) is 107 cm³/mol. The van der Waals surface area contributed by atoms with Gasteiger partial charge in [-0.05, 0) is 44.7 Å². The number of hydrogen-bond acceptors (Lipinski definition) is 6. The molecule has 0 saturated heterocycles. The number of hydrogen-bond donors (Lipinski definition) is 1.